The van der Waals surface area contributed by atoms with Crippen LogP contribution in [0.1, 0.15) is 61.3 Å². The van der Waals surface area contributed by atoms with Gasteiger partial charge in [0.15, 0.2) is 0 Å². The van der Waals surface area contributed by atoms with Crippen molar-refractivity contribution in [3.8, 4) is 33.8 Å². The third-order valence-electron chi connectivity index (χ3n) is 9.57. The average Bonchev–Trinajstić information content (AvgIpc) is 3.77. The molecule has 2 aliphatic rings. The average molecular weight is 595 g/mol. The third-order valence-corrected chi connectivity index (χ3v) is 9.57. The number of hydrogen-bond acceptors (Lipinski definition) is 3. The van der Waals surface area contributed by atoms with Gasteiger partial charge in [0.2, 0.25) is 0 Å². The molecule has 3 heterocycles. The van der Waals surface area contributed by atoms with Crippen LogP contribution in [0.25, 0.3) is 55.7 Å². The summed E-state index contributed by atoms with van der Waals surface area (Å²) < 4.78 is 16.3. The number of carbonyl (C=O) groups is 1. The van der Waals surface area contributed by atoms with E-state index in [1.807, 2.05) is 29.2 Å². The van der Waals surface area contributed by atoms with Crippen LogP contribution < -0.4 is 0 Å². The standard InChI is InChI=1S/C39H35FN4O/c40-30-17-12-26(13-18-30)32-19-14-29(39(45)43-22-6-7-23-43)25-33(32)35-21-15-27-24-28(16-20-34(27)41-35)38-42-36-10-4-5-11-37(36)44(38)31-8-2-1-3-9-31/h4-5,10-21,24-25,31H,1-3,6-9,22-23H2. The van der Waals surface area contributed by atoms with E-state index in [1.165, 1.54) is 49.8 Å². The summed E-state index contributed by atoms with van der Waals surface area (Å²) in [5.41, 5.74) is 8.27. The molecule has 1 saturated carbocycles. The fourth-order valence-corrected chi connectivity index (χ4v) is 7.24. The maximum Gasteiger partial charge on any atom is 0.253 e. The highest BCUT2D eigenvalue weighted by Gasteiger charge is 2.24. The number of hydrogen-bond donors (Lipinski definition) is 0. The van der Waals surface area contributed by atoms with E-state index >= 15 is 0 Å². The van der Waals surface area contributed by atoms with Gasteiger partial charge in [-0.25, -0.2) is 14.4 Å². The Kier molecular flexibility index (Phi) is 7.13. The molecule has 1 aliphatic carbocycles. The summed E-state index contributed by atoms with van der Waals surface area (Å²) in [4.78, 5) is 25.5. The number of carbonyl (C=O) groups excluding carboxylic acids is 1. The molecule has 6 heteroatoms. The van der Waals surface area contributed by atoms with Gasteiger partial charge in [-0.2, -0.15) is 0 Å². The molecule has 0 radical (unpaired) electrons. The van der Waals surface area contributed by atoms with Gasteiger partial charge < -0.3 is 9.47 Å². The first kappa shape index (κ1) is 27.7. The van der Waals surface area contributed by atoms with Crippen molar-refractivity contribution in [2.75, 3.05) is 13.1 Å². The fraction of sp³-hybridized carbons (Fsp3) is 0.256. The van der Waals surface area contributed by atoms with Gasteiger partial charge in [0.25, 0.3) is 5.91 Å². The van der Waals surface area contributed by atoms with Crippen LogP contribution in [0.2, 0.25) is 0 Å². The van der Waals surface area contributed by atoms with Crippen LogP contribution in [0.5, 0.6) is 0 Å². The minimum Gasteiger partial charge on any atom is -0.339 e. The van der Waals surface area contributed by atoms with Gasteiger partial charge >= 0.3 is 0 Å². The van der Waals surface area contributed by atoms with E-state index < -0.39 is 0 Å². The van der Waals surface area contributed by atoms with Crippen LogP contribution in [-0.4, -0.2) is 38.4 Å². The summed E-state index contributed by atoms with van der Waals surface area (Å²) in [6, 6.07) is 31.8. The van der Waals surface area contributed by atoms with Crippen molar-refractivity contribution in [2.24, 2.45) is 0 Å². The van der Waals surface area contributed by atoms with Crippen LogP contribution in [-0.2, 0) is 0 Å². The van der Waals surface area contributed by atoms with Gasteiger partial charge in [-0.1, -0.05) is 55.7 Å². The molecule has 2 aromatic heterocycles. The zero-order chi connectivity index (χ0) is 30.3. The van der Waals surface area contributed by atoms with Crippen molar-refractivity contribution >= 4 is 27.8 Å². The lowest BCUT2D eigenvalue weighted by molar-refractivity contribution is 0.0793. The molecule has 4 aromatic carbocycles. The SMILES string of the molecule is O=C(c1ccc(-c2ccc(F)cc2)c(-c2ccc3cc(-c4nc5ccccc5n4C4CCCCC4)ccc3n2)c1)N1CCCC1. The Morgan fingerprint density at radius 1 is 0.689 bits per heavy atom. The molecule has 1 aliphatic heterocycles. The summed E-state index contributed by atoms with van der Waals surface area (Å²) in [6.07, 6.45) is 8.26. The van der Waals surface area contributed by atoms with Gasteiger partial charge in [0.1, 0.15) is 11.6 Å². The van der Waals surface area contributed by atoms with Gasteiger partial charge in [-0.3, -0.25) is 4.79 Å². The van der Waals surface area contributed by atoms with Gasteiger partial charge in [-0.15, -0.1) is 0 Å². The Balaban J connectivity index is 1.21. The molecule has 45 heavy (non-hydrogen) atoms. The highest BCUT2D eigenvalue weighted by Crippen LogP contribution is 2.38. The Bertz CT molecular complexity index is 2030. The molecule has 0 bridgehead atoms. The molecule has 2 fully saturated rings. The summed E-state index contributed by atoms with van der Waals surface area (Å²) in [7, 11) is 0. The molecular weight excluding hydrogens is 559 g/mol. The number of benzene rings is 4. The monoisotopic (exact) mass is 594 g/mol. The van der Waals surface area contributed by atoms with Crippen molar-refractivity contribution in [3.63, 3.8) is 0 Å². The first-order valence-electron chi connectivity index (χ1n) is 16.2. The summed E-state index contributed by atoms with van der Waals surface area (Å²) in [5, 5.41) is 1.03. The maximum atomic E-state index is 13.8. The Labute approximate surface area is 262 Å². The summed E-state index contributed by atoms with van der Waals surface area (Å²) in [6.45, 7) is 1.58. The predicted molar refractivity (Wildman–Crippen MR) is 179 cm³/mol. The highest BCUT2D eigenvalue weighted by molar-refractivity contribution is 5.98. The lowest BCUT2D eigenvalue weighted by atomic mass is 9.94. The van der Waals surface area contributed by atoms with Crippen molar-refractivity contribution in [1.29, 1.82) is 0 Å². The van der Waals surface area contributed by atoms with Crippen LogP contribution in [0, 0.1) is 5.82 Å². The zero-order valence-corrected chi connectivity index (χ0v) is 25.3. The molecular formula is C39H35FN4O. The predicted octanol–water partition coefficient (Wildman–Crippen LogP) is 9.47. The quantitative estimate of drug-likeness (QED) is 0.200. The molecule has 0 N–H and O–H groups in total. The molecule has 8 rings (SSSR count). The number of pyridine rings is 1. The van der Waals surface area contributed by atoms with Gasteiger partial charge in [0.05, 0.1) is 22.2 Å². The number of rotatable bonds is 5. The number of aromatic nitrogens is 3. The van der Waals surface area contributed by atoms with E-state index in [0.29, 0.717) is 11.6 Å². The number of halogens is 1. The number of fused-ring (bicyclic) bond motifs is 2. The van der Waals surface area contributed by atoms with E-state index in [9.17, 15) is 9.18 Å². The van der Waals surface area contributed by atoms with Crippen LogP contribution >= 0.6 is 0 Å². The van der Waals surface area contributed by atoms with E-state index in [0.717, 1.165) is 76.1 Å². The van der Waals surface area contributed by atoms with Crippen LogP contribution in [0.15, 0.2) is 97.1 Å². The Morgan fingerprint density at radius 2 is 1.47 bits per heavy atom. The largest absolute Gasteiger partial charge is 0.339 e. The van der Waals surface area contributed by atoms with Crippen LogP contribution in [0.3, 0.4) is 0 Å². The van der Waals surface area contributed by atoms with Crippen molar-refractivity contribution in [3.05, 3.63) is 108 Å². The fourth-order valence-electron chi connectivity index (χ4n) is 7.24. The minimum absolute atomic E-state index is 0.0469. The topological polar surface area (TPSA) is 51.0 Å². The van der Waals surface area contributed by atoms with E-state index in [2.05, 4.69) is 53.1 Å². The van der Waals surface area contributed by atoms with Crippen molar-refractivity contribution in [2.45, 2.75) is 51.0 Å². The molecule has 224 valence electrons. The Hall–Kier alpha value is -4.84. The van der Waals surface area contributed by atoms with E-state index in [1.54, 1.807) is 12.1 Å². The number of amides is 1. The molecule has 1 saturated heterocycles. The molecule has 5 nitrogen and oxygen atoms in total. The smallest absolute Gasteiger partial charge is 0.253 e. The molecule has 0 spiro atoms. The van der Waals surface area contributed by atoms with Gasteiger partial charge in [0, 0.05) is 41.2 Å². The maximum absolute atomic E-state index is 13.8. The van der Waals surface area contributed by atoms with E-state index in [-0.39, 0.29) is 11.7 Å². The second kappa shape index (κ2) is 11.6. The first-order chi connectivity index (χ1) is 22.1. The first-order valence-corrected chi connectivity index (χ1v) is 16.2. The second-order valence-corrected chi connectivity index (χ2v) is 12.5. The number of likely N-dealkylation sites (tertiary alicyclic amines) is 1. The second-order valence-electron chi connectivity index (χ2n) is 12.5. The van der Waals surface area contributed by atoms with Crippen molar-refractivity contribution < 1.29 is 9.18 Å². The molecule has 1 amide bonds. The highest BCUT2D eigenvalue weighted by atomic mass is 19.1. The summed E-state index contributed by atoms with van der Waals surface area (Å²) >= 11 is 0. The molecule has 0 unspecified atom stereocenters. The minimum atomic E-state index is -0.280. The van der Waals surface area contributed by atoms with E-state index in [4.69, 9.17) is 9.97 Å². The number of imidazole rings is 1. The lowest BCUT2D eigenvalue weighted by Crippen LogP contribution is -2.27. The normalized spacial score (nSPS) is 15.7. The number of nitrogens with zero attached hydrogens (tertiary/aromatic N) is 4. The van der Waals surface area contributed by atoms with Gasteiger partial charge in [-0.05, 0) is 97.5 Å². The number of para-hydroxylation sites is 2. The Morgan fingerprint density at radius 3 is 2.29 bits per heavy atom. The van der Waals surface area contributed by atoms with Crippen molar-refractivity contribution in [1.82, 2.24) is 19.4 Å². The van der Waals surface area contributed by atoms with Crippen LogP contribution in [0.4, 0.5) is 4.39 Å². The molecule has 0 atom stereocenters. The summed E-state index contributed by atoms with van der Waals surface area (Å²) in [5.74, 6) is 0.782. The lowest BCUT2D eigenvalue weighted by Gasteiger charge is -2.25. The third kappa shape index (κ3) is 5.18. The zero-order valence-electron chi connectivity index (χ0n) is 25.3. The molecule has 6 aromatic rings.